The molecular weight excluding hydrogens is 318 g/mol. The Morgan fingerprint density at radius 3 is 2.91 bits per heavy atom. The van der Waals surface area contributed by atoms with Gasteiger partial charge in [0.2, 0.25) is 5.91 Å². The second kappa shape index (κ2) is 7.07. The molecule has 0 aliphatic carbocycles. The lowest BCUT2D eigenvalue weighted by molar-refractivity contribution is -0.121. The Kier molecular flexibility index (Phi) is 5.13. The summed E-state index contributed by atoms with van der Waals surface area (Å²) in [5.41, 5.74) is 0.134. The molecule has 23 heavy (non-hydrogen) atoms. The summed E-state index contributed by atoms with van der Waals surface area (Å²) in [4.78, 5) is 41.0. The van der Waals surface area contributed by atoms with Gasteiger partial charge in [0.05, 0.1) is 24.9 Å². The SMILES string of the molecule is C#CCNC(=O)Cn1cnc2sc(C(=O)OCC)c(C)c2c1=O. The molecule has 0 radical (unpaired) electrons. The fraction of sp³-hybridized carbons (Fsp3) is 0.333. The molecule has 8 heteroatoms. The van der Waals surface area contributed by atoms with Crippen molar-refractivity contribution in [2.24, 2.45) is 0 Å². The number of thiophene rings is 1. The predicted octanol–water partition coefficient (Wildman–Crippen LogP) is 0.693. The van der Waals surface area contributed by atoms with Crippen molar-refractivity contribution in [3.63, 3.8) is 0 Å². The zero-order chi connectivity index (χ0) is 17.0. The minimum absolute atomic E-state index is 0.0910. The first-order chi connectivity index (χ1) is 11.0. The normalized spacial score (nSPS) is 10.3. The lowest BCUT2D eigenvalue weighted by atomic mass is 10.2. The fourth-order valence-corrected chi connectivity index (χ4v) is 3.06. The van der Waals surface area contributed by atoms with E-state index in [2.05, 4.69) is 16.2 Å². The fourth-order valence-electron chi connectivity index (χ4n) is 2.02. The lowest BCUT2D eigenvalue weighted by Gasteiger charge is -2.05. The minimum Gasteiger partial charge on any atom is -0.462 e. The standard InChI is InChI=1S/C15H15N3O4S/c1-4-6-16-10(19)7-18-8-17-13-11(14(18)20)9(3)12(23-13)15(21)22-5-2/h1,8H,5-7H2,2-3H3,(H,16,19). The Hall–Kier alpha value is -2.66. The first kappa shape index (κ1) is 16.7. The summed E-state index contributed by atoms with van der Waals surface area (Å²) in [6.07, 6.45) is 6.34. The molecule has 0 fully saturated rings. The molecule has 120 valence electrons. The van der Waals surface area contributed by atoms with Crippen LogP contribution in [0.5, 0.6) is 0 Å². The van der Waals surface area contributed by atoms with Gasteiger partial charge in [-0.3, -0.25) is 14.2 Å². The number of hydrogen-bond acceptors (Lipinski definition) is 6. The van der Waals surface area contributed by atoms with Crippen LogP contribution in [-0.4, -0.2) is 34.6 Å². The van der Waals surface area contributed by atoms with Gasteiger partial charge in [0.1, 0.15) is 16.3 Å². The van der Waals surface area contributed by atoms with Gasteiger partial charge >= 0.3 is 5.97 Å². The molecule has 1 amide bonds. The smallest absolute Gasteiger partial charge is 0.348 e. The molecule has 0 aromatic carbocycles. The number of aromatic nitrogens is 2. The molecule has 0 atom stereocenters. The third kappa shape index (κ3) is 3.40. The highest BCUT2D eigenvalue weighted by Gasteiger charge is 2.20. The summed E-state index contributed by atoms with van der Waals surface area (Å²) in [5.74, 6) is 1.42. The van der Waals surface area contributed by atoms with Gasteiger partial charge in [-0.15, -0.1) is 17.8 Å². The Bertz CT molecular complexity index is 860. The second-order valence-corrected chi connectivity index (χ2v) is 5.61. The number of aryl methyl sites for hydroxylation is 1. The van der Waals surface area contributed by atoms with E-state index < -0.39 is 5.97 Å². The van der Waals surface area contributed by atoms with Gasteiger partial charge < -0.3 is 10.1 Å². The van der Waals surface area contributed by atoms with Crippen molar-refractivity contribution in [2.75, 3.05) is 13.2 Å². The molecule has 2 rings (SSSR count). The third-order valence-electron chi connectivity index (χ3n) is 3.08. The molecule has 0 spiro atoms. The third-order valence-corrected chi connectivity index (χ3v) is 4.26. The molecule has 0 bridgehead atoms. The van der Waals surface area contributed by atoms with E-state index in [-0.39, 0.29) is 31.2 Å². The summed E-state index contributed by atoms with van der Waals surface area (Å²) in [6.45, 7) is 3.53. The number of rotatable bonds is 5. The van der Waals surface area contributed by atoms with Gasteiger partial charge in [0.25, 0.3) is 5.56 Å². The van der Waals surface area contributed by atoms with Crippen LogP contribution in [0.25, 0.3) is 10.2 Å². The van der Waals surface area contributed by atoms with E-state index in [1.807, 2.05) is 0 Å². The number of amides is 1. The average Bonchev–Trinajstić information content (AvgIpc) is 2.86. The van der Waals surface area contributed by atoms with Gasteiger partial charge in [-0.1, -0.05) is 5.92 Å². The number of terminal acetylenes is 1. The van der Waals surface area contributed by atoms with Crippen LogP contribution in [0.4, 0.5) is 0 Å². The van der Waals surface area contributed by atoms with E-state index >= 15 is 0 Å². The van der Waals surface area contributed by atoms with Crippen molar-refractivity contribution in [1.82, 2.24) is 14.9 Å². The van der Waals surface area contributed by atoms with Crippen molar-refractivity contribution in [2.45, 2.75) is 20.4 Å². The first-order valence-corrected chi connectivity index (χ1v) is 7.67. The zero-order valence-electron chi connectivity index (χ0n) is 12.7. The number of nitrogens with one attached hydrogen (secondary N) is 1. The Morgan fingerprint density at radius 1 is 1.52 bits per heavy atom. The number of ether oxygens (including phenoxy) is 1. The number of carbonyl (C=O) groups excluding carboxylic acids is 2. The van der Waals surface area contributed by atoms with Gasteiger partial charge in [-0.05, 0) is 19.4 Å². The molecule has 0 aliphatic rings. The van der Waals surface area contributed by atoms with Crippen molar-refractivity contribution >= 4 is 33.4 Å². The van der Waals surface area contributed by atoms with E-state index in [9.17, 15) is 14.4 Å². The molecule has 2 aromatic rings. The van der Waals surface area contributed by atoms with Crippen molar-refractivity contribution in [3.8, 4) is 12.3 Å². The first-order valence-electron chi connectivity index (χ1n) is 6.85. The predicted molar refractivity (Wildman–Crippen MR) is 86.4 cm³/mol. The lowest BCUT2D eigenvalue weighted by Crippen LogP contribution is -2.32. The molecule has 2 aromatic heterocycles. The van der Waals surface area contributed by atoms with Crippen LogP contribution in [0, 0.1) is 19.3 Å². The van der Waals surface area contributed by atoms with E-state index in [0.29, 0.717) is 20.7 Å². The second-order valence-electron chi connectivity index (χ2n) is 4.62. The van der Waals surface area contributed by atoms with E-state index in [1.54, 1.807) is 13.8 Å². The van der Waals surface area contributed by atoms with Crippen LogP contribution in [0.15, 0.2) is 11.1 Å². The molecule has 1 N–H and O–H groups in total. The highest BCUT2D eigenvalue weighted by atomic mass is 32.1. The summed E-state index contributed by atoms with van der Waals surface area (Å²) in [5, 5.41) is 2.80. The van der Waals surface area contributed by atoms with Crippen molar-refractivity contribution in [3.05, 3.63) is 27.1 Å². The highest BCUT2D eigenvalue weighted by Crippen LogP contribution is 2.27. The maximum atomic E-state index is 12.5. The van der Waals surface area contributed by atoms with Crippen LogP contribution >= 0.6 is 11.3 Å². The van der Waals surface area contributed by atoms with Crippen LogP contribution in [0.2, 0.25) is 0 Å². The molecule has 0 saturated heterocycles. The monoisotopic (exact) mass is 333 g/mol. The maximum absolute atomic E-state index is 12.5. The molecule has 0 aliphatic heterocycles. The molecular formula is C15H15N3O4S. The number of fused-ring (bicyclic) bond motifs is 1. The molecule has 2 heterocycles. The number of hydrogen-bond donors (Lipinski definition) is 1. The van der Waals surface area contributed by atoms with Crippen molar-refractivity contribution in [1.29, 1.82) is 0 Å². The topological polar surface area (TPSA) is 90.3 Å². The number of esters is 1. The van der Waals surface area contributed by atoms with Gasteiger partial charge in [-0.2, -0.15) is 0 Å². The van der Waals surface area contributed by atoms with E-state index in [0.717, 1.165) is 11.3 Å². The van der Waals surface area contributed by atoms with Crippen molar-refractivity contribution < 1.29 is 14.3 Å². The Balaban J connectivity index is 2.41. The van der Waals surface area contributed by atoms with Crippen LogP contribution in [0.3, 0.4) is 0 Å². The summed E-state index contributed by atoms with van der Waals surface area (Å²) >= 11 is 1.10. The average molecular weight is 333 g/mol. The summed E-state index contributed by atoms with van der Waals surface area (Å²) in [7, 11) is 0. The van der Waals surface area contributed by atoms with Gasteiger partial charge in [0, 0.05) is 0 Å². The van der Waals surface area contributed by atoms with Gasteiger partial charge in [0.15, 0.2) is 0 Å². The zero-order valence-corrected chi connectivity index (χ0v) is 13.5. The summed E-state index contributed by atoms with van der Waals surface area (Å²) in [6, 6.07) is 0. The molecule has 0 unspecified atom stereocenters. The summed E-state index contributed by atoms with van der Waals surface area (Å²) < 4.78 is 6.15. The Labute approximate surface area is 136 Å². The molecule has 0 saturated carbocycles. The van der Waals surface area contributed by atoms with E-state index in [4.69, 9.17) is 11.2 Å². The van der Waals surface area contributed by atoms with E-state index in [1.165, 1.54) is 10.9 Å². The van der Waals surface area contributed by atoms with Crippen LogP contribution in [-0.2, 0) is 16.1 Å². The largest absolute Gasteiger partial charge is 0.462 e. The quantitative estimate of drug-likeness (QED) is 0.642. The van der Waals surface area contributed by atoms with Gasteiger partial charge in [-0.25, -0.2) is 9.78 Å². The molecule has 7 nitrogen and oxygen atoms in total. The van der Waals surface area contributed by atoms with Crippen LogP contribution in [0.1, 0.15) is 22.2 Å². The highest BCUT2D eigenvalue weighted by molar-refractivity contribution is 7.20. The Morgan fingerprint density at radius 2 is 2.26 bits per heavy atom. The number of nitrogens with zero attached hydrogens (tertiary/aromatic N) is 2. The van der Waals surface area contributed by atoms with Crippen LogP contribution < -0.4 is 10.9 Å². The minimum atomic E-state index is -0.481. The number of carbonyl (C=O) groups is 2. The maximum Gasteiger partial charge on any atom is 0.348 e.